The van der Waals surface area contributed by atoms with Gasteiger partial charge in [-0.25, -0.2) is 44.7 Å². The van der Waals surface area contributed by atoms with Gasteiger partial charge in [-0.1, -0.05) is 89.0 Å². The van der Waals surface area contributed by atoms with Gasteiger partial charge in [-0.2, -0.15) is 8.42 Å². The van der Waals surface area contributed by atoms with E-state index in [1.165, 1.54) is 6.26 Å². The lowest BCUT2D eigenvalue weighted by Gasteiger charge is -2.19. The molecule has 5 rings (SSSR count). The SMILES string of the molecule is CC(C)(C)C#CCNC(=O)OC(C)(C)C.CC(C)(C)C#CCOS(C)(=O)=O.CC(C)(C)C#Cc1ccc(C=O)o1.CC(C)(C)C#Cc1ccccn1.CC(C)(C)C#Cc1ncccn1.CC(C)(C)C#Cc1nccs1.CN(CC#CC(C)(C)C)CCS(C)(=O)=O.Cn1cnc(CC(=O)NCC#CC(C)(C)C)c1.[C-]#[N+]CCNCC#CC(C)(C)C. The van der Waals surface area contributed by atoms with Crippen molar-refractivity contribution in [1.29, 1.82) is 0 Å². The van der Waals surface area contributed by atoms with Crippen LogP contribution in [0.25, 0.3) is 4.85 Å². The van der Waals surface area contributed by atoms with Crippen molar-refractivity contribution in [2.24, 2.45) is 55.8 Å². The van der Waals surface area contributed by atoms with Crippen molar-refractivity contribution in [2.75, 3.05) is 77.7 Å². The second-order valence-electron chi connectivity index (χ2n) is 36.9. The second-order valence-corrected chi connectivity index (χ2v) is 41.7. The summed E-state index contributed by atoms with van der Waals surface area (Å²) in [5.41, 5.74) is 1.18. The average Bonchev–Trinajstić information content (AvgIpc) is 1.84. The maximum atomic E-state index is 11.5. The lowest BCUT2D eigenvalue weighted by atomic mass is 9.98. The van der Waals surface area contributed by atoms with E-state index in [0.29, 0.717) is 69.3 Å². The minimum atomic E-state index is -3.34. The van der Waals surface area contributed by atoms with Gasteiger partial charge in [0.1, 0.15) is 27.7 Å². The fourth-order valence-corrected chi connectivity index (χ4v) is 7.80. The molecule has 0 bridgehead atoms. The fraction of sp³-hybridized carbons (Fsp3) is 0.568. The highest BCUT2D eigenvalue weighted by molar-refractivity contribution is 7.90. The van der Waals surface area contributed by atoms with Crippen molar-refractivity contribution in [2.45, 2.75) is 220 Å². The summed E-state index contributed by atoms with van der Waals surface area (Å²) in [6, 6.07) is 10.8. The predicted molar refractivity (Wildman–Crippen MR) is 490 cm³/mol. The second kappa shape index (κ2) is 57.3. The molecule has 0 fully saturated rings. The molecule has 652 valence electrons. The summed E-state index contributed by atoms with van der Waals surface area (Å²) in [5, 5.41) is 11.2. The van der Waals surface area contributed by atoms with E-state index in [1.807, 2.05) is 157 Å². The smallest absolute Gasteiger partial charge is 0.408 e. The molecule has 5 aromatic rings. The summed E-state index contributed by atoms with van der Waals surface area (Å²) in [4.78, 5) is 58.4. The molecule has 0 saturated heterocycles. The first kappa shape index (κ1) is 115. The molecule has 0 aliphatic heterocycles. The van der Waals surface area contributed by atoms with Crippen molar-refractivity contribution in [3.8, 4) is 107 Å². The quantitative estimate of drug-likeness (QED) is 0.0307. The van der Waals surface area contributed by atoms with E-state index in [1.54, 1.807) is 60.7 Å². The lowest BCUT2D eigenvalue weighted by Crippen LogP contribution is -2.32. The normalized spacial score (nSPS) is 10.9. The maximum Gasteiger partial charge on any atom is 0.408 e. The molecule has 0 radical (unpaired) electrons. The number of amides is 2. The highest BCUT2D eigenvalue weighted by Gasteiger charge is 2.16. The Bertz CT molecular complexity index is 4620. The summed E-state index contributed by atoms with van der Waals surface area (Å²) in [6.45, 7) is 71.0. The van der Waals surface area contributed by atoms with Gasteiger partial charge < -0.3 is 29.2 Å². The monoisotopic (exact) mass is 1690 g/mol. The number of imidazole rings is 1. The standard InChI is InChI=1S/C13H19N3O.C12H21NO2.C11H21NO2S.C11H13N.C11H12O2.C10H12N2.C10H16N2.C9H11NS.C8H14O3S/c1-13(2,3)6-5-7-14-12(17)8-11-9-16(4)10-15-11;1-11(2,3)8-7-9-13-10(14)15-12(4,5)6;1-11(2,3)7-6-8-12(4)9-10-15(5,13)14;1-11(2,3)8-7-10-6-4-5-9-12-10;1-11(2,3)7-6-9-4-5-10(8-12)13-9;1-10(2,3)6-5-9-11-7-4-8-12-9;1-10(2,3)6-5-7-12-9-8-11-4;1-9(2,3)5-4-8-10-6-7-11-8;1-8(2,3)6-5-7-11-12(4,9)10/h9-10H,7-8H2,1-4H3,(H,14,17);9H2,1-6H3,(H,13,14);8-10H2,1-5H3;4-6,9H,1-3H3;4-5,8H,1-3H3;4,7-8H,1-3H3;12H,7-9H2,1-3H3;6-7H,1-3H3;7H2,1-4H3. The molecule has 5 heterocycles. The molecule has 5 aromatic heterocycles. The maximum absolute atomic E-state index is 11.5. The third-order valence-electron chi connectivity index (χ3n) is 11.3. The molecule has 2 amide bonds. The Hall–Kier alpha value is -9.93. The number of aldehydes is 1. The Morgan fingerprint density at radius 1 is 0.563 bits per heavy atom. The molecule has 0 atom stereocenters. The zero-order valence-electron chi connectivity index (χ0n) is 78.0. The summed E-state index contributed by atoms with van der Waals surface area (Å²) in [7, 11) is -2.45. The van der Waals surface area contributed by atoms with Crippen molar-refractivity contribution >= 4 is 49.6 Å². The highest BCUT2D eigenvalue weighted by atomic mass is 32.2. The van der Waals surface area contributed by atoms with Crippen LogP contribution in [-0.2, 0) is 47.1 Å². The van der Waals surface area contributed by atoms with Gasteiger partial charge in [-0.05, 0) is 269 Å². The van der Waals surface area contributed by atoms with Crippen LogP contribution in [0.3, 0.4) is 0 Å². The number of sulfone groups is 1. The fourth-order valence-electron chi connectivity index (χ4n) is 6.40. The first-order valence-electron chi connectivity index (χ1n) is 38.8. The summed E-state index contributed by atoms with van der Waals surface area (Å²) in [6.07, 6.45) is 13.2. The molecule has 21 nitrogen and oxygen atoms in total. The van der Waals surface area contributed by atoms with Crippen LogP contribution in [0.15, 0.2) is 83.5 Å². The van der Waals surface area contributed by atoms with Gasteiger partial charge in [0.2, 0.25) is 18.3 Å². The summed E-state index contributed by atoms with van der Waals surface area (Å²) < 4.78 is 59.1. The van der Waals surface area contributed by atoms with E-state index in [4.69, 9.17) is 15.7 Å². The van der Waals surface area contributed by atoms with Crippen LogP contribution < -0.4 is 16.0 Å². The van der Waals surface area contributed by atoms with Crippen LogP contribution in [-0.4, -0.2) is 153 Å². The number of rotatable bonds is 14. The first-order chi connectivity index (χ1) is 54.1. The molecule has 0 aliphatic carbocycles. The first-order valence-corrected chi connectivity index (χ1v) is 43.5. The predicted octanol–water partition coefficient (Wildman–Crippen LogP) is 16.6. The molecule has 3 N–H and O–H groups in total. The van der Waals surface area contributed by atoms with E-state index in [0.717, 1.165) is 29.2 Å². The van der Waals surface area contributed by atoms with Gasteiger partial charge in [0.05, 0.1) is 63.2 Å². The number of nitrogens with zero attached hydrogens (tertiary/aromatic N) is 8. The number of ether oxygens (including phenoxy) is 1. The van der Waals surface area contributed by atoms with Crippen LogP contribution in [0.2, 0.25) is 0 Å². The Kier molecular flexibility index (Phi) is 55.5. The van der Waals surface area contributed by atoms with Crippen LogP contribution in [0.4, 0.5) is 4.79 Å². The number of aryl methyl sites for hydroxylation is 1. The Labute approximate surface area is 724 Å². The summed E-state index contributed by atoms with van der Waals surface area (Å²) in [5.74, 6) is 55.4. The number of thiazole rings is 1. The Morgan fingerprint density at radius 3 is 1.46 bits per heavy atom. The number of hydrogen-bond acceptors (Lipinski definition) is 18. The molecule has 24 heteroatoms. The number of pyridine rings is 1. The number of aromatic nitrogens is 6. The van der Waals surface area contributed by atoms with E-state index < -0.39 is 31.6 Å². The molecular formula is C95H139N11O10S3. The Balaban J connectivity index is -0.000000627. The van der Waals surface area contributed by atoms with Crippen LogP contribution >= 0.6 is 11.3 Å². The van der Waals surface area contributed by atoms with Gasteiger partial charge in [0.15, 0.2) is 22.8 Å². The largest absolute Gasteiger partial charge is 0.445 e. The van der Waals surface area contributed by atoms with E-state index in [9.17, 15) is 31.2 Å². The average molecular weight is 1690 g/mol. The Morgan fingerprint density at radius 2 is 1.03 bits per heavy atom. The van der Waals surface area contributed by atoms with Gasteiger partial charge in [0, 0.05) is 105 Å². The molecule has 0 saturated carbocycles. The van der Waals surface area contributed by atoms with Crippen LogP contribution in [0, 0.1) is 162 Å². The van der Waals surface area contributed by atoms with E-state index >= 15 is 0 Å². The van der Waals surface area contributed by atoms with E-state index in [2.05, 4.69) is 260 Å². The van der Waals surface area contributed by atoms with Crippen molar-refractivity contribution < 1.29 is 44.6 Å². The number of carbonyl (C=O) groups excluding carboxylic acids is 3. The zero-order chi connectivity index (χ0) is 92.7. The minimum Gasteiger partial charge on any atom is -0.445 e. The molecule has 0 aliphatic rings. The lowest BCUT2D eigenvalue weighted by molar-refractivity contribution is -0.120. The number of hydrogen-bond donors (Lipinski definition) is 3. The molecular weight excluding hydrogens is 1550 g/mol. The molecule has 0 unspecified atom stereocenters. The third-order valence-corrected chi connectivity index (χ3v) is 13.4. The van der Waals surface area contributed by atoms with Crippen molar-refractivity contribution in [3.05, 3.63) is 124 Å². The number of furan rings is 1. The van der Waals surface area contributed by atoms with Crippen LogP contribution in [0.5, 0.6) is 0 Å². The molecule has 119 heavy (non-hydrogen) atoms. The third kappa shape index (κ3) is 95.1. The highest BCUT2D eigenvalue weighted by Crippen LogP contribution is 2.17. The van der Waals surface area contributed by atoms with Gasteiger partial charge in [-0.3, -0.25) is 24.0 Å². The van der Waals surface area contributed by atoms with Gasteiger partial charge in [-0.15, -0.1) is 11.3 Å². The van der Waals surface area contributed by atoms with E-state index in [-0.39, 0.29) is 67.0 Å². The van der Waals surface area contributed by atoms with Gasteiger partial charge >= 0.3 is 6.09 Å². The van der Waals surface area contributed by atoms with Crippen molar-refractivity contribution in [1.82, 2.24) is 50.3 Å². The zero-order valence-corrected chi connectivity index (χ0v) is 80.5. The number of nitrogens with one attached hydrogen (secondary N) is 3. The van der Waals surface area contributed by atoms with Gasteiger partial charge in [0.25, 0.3) is 10.1 Å². The van der Waals surface area contributed by atoms with Crippen LogP contribution in [0.1, 0.15) is 246 Å². The summed E-state index contributed by atoms with van der Waals surface area (Å²) >= 11 is 1.58. The molecule has 0 aromatic carbocycles. The molecule has 0 spiro atoms. The number of alkyl carbamates (subject to hydrolysis) is 1. The number of carbonyl (C=O) groups is 3. The topological polar surface area (TPSA) is 264 Å². The minimum absolute atomic E-state index is 0.0116. The van der Waals surface area contributed by atoms with Crippen molar-refractivity contribution in [3.63, 3.8) is 0 Å².